The van der Waals surface area contributed by atoms with Crippen molar-refractivity contribution in [1.29, 1.82) is 0 Å². The largest absolute Gasteiger partial charge is 0.380 e. The Kier molecular flexibility index (Phi) is 3.92. The average molecular weight is 252 g/mol. The van der Waals surface area contributed by atoms with Crippen molar-refractivity contribution in [2.75, 3.05) is 39.9 Å². The van der Waals surface area contributed by atoms with Gasteiger partial charge in [-0.25, -0.2) is 0 Å². The van der Waals surface area contributed by atoms with Gasteiger partial charge in [0.1, 0.15) is 0 Å². The summed E-state index contributed by atoms with van der Waals surface area (Å²) in [6.07, 6.45) is 8.31. The molecule has 3 nitrogen and oxygen atoms in total. The molecule has 3 heteroatoms. The number of ether oxygens (including phenoxy) is 1. The third-order valence-electron chi connectivity index (χ3n) is 5.33. The van der Waals surface area contributed by atoms with Crippen LogP contribution in [0.25, 0.3) is 0 Å². The van der Waals surface area contributed by atoms with Crippen molar-refractivity contribution in [3.63, 3.8) is 0 Å². The quantitative estimate of drug-likeness (QED) is 0.830. The molecule has 0 aromatic heterocycles. The highest BCUT2D eigenvalue weighted by Crippen LogP contribution is 2.44. The molecule has 0 aromatic rings. The van der Waals surface area contributed by atoms with Gasteiger partial charge in [-0.15, -0.1) is 0 Å². The fourth-order valence-corrected chi connectivity index (χ4v) is 4.14. The van der Waals surface area contributed by atoms with Crippen molar-refractivity contribution < 1.29 is 4.74 Å². The van der Waals surface area contributed by atoms with Gasteiger partial charge in [-0.3, -0.25) is 0 Å². The van der Waals surface area contributed by atoms with Gasteiger partial charge >= 0.3 is 0 Å². The highest BCUT2D eigenvalue weighted by atomic mass is 16.5. The van der Waals surface area contributed by atoms with Gasteiger partial charge in [-0.2, -0.15) is 0 Å². The number of hydrogen-bond acceptors (Lipinski definition) is 3. The molecule has 3 rings (SSSR count). The lowest BCUT2D eigenvalue weighted by atomic mass is 9.66. The van der Waals surface area contributed by atoms with Crippen LogP contribution in [-0.4, -0.2) is 50.8 Å². The van der Waals surface area contributed by atoms with Crippen molar-refractivity contribution in [2.45, 2.75) is 44.6 Å². The molecule has 3 aliphatic rings. The Morgan fingerprint density at radius 1 is 1.22 bits per heavy atom. The number of nitrogens with zero attached hydrogens (tertiary/aromatic N) is 1. The molecule has 18 heavy (non-hydrogen) atoms. The number of rotatable bonds is 3. The van der Waals surface area contributed by atoms with E-state index in [1.165, 1.54) is 58.2 Å². The molecule has 0 bridgehead atoms. The third kappa shape index (κ3) is 2.59. The summed E-state index contributed by atoms with van der Waals surface area (Å²) in [6, 6.07) is 0.759. The van der Waals surface area contributed by atoms with Gasteiger partial charge in [0, 0.05) is 18.0 Å². The van der Waals surface area contributed by atoms with Crippen LogP contribution in [0.3, 0.4) is 0 Å². The van der Waals surface area contributed by atoms with Crippen molar-refractivity contribution in [3.05, 3.63) is 0 Å². The van der Waals surface area contributed by atoms with E-state index in [2.05, 4.69) is 17.3 Å². The standard InChI is InChI=1S/C15H28N2O/c1-17-8-4-5-13(10-17)15(11-18-12-15)9-14-6-2-3-7-16-14/h13-14,16H,2-12H2,1H3. The number of likely N-dealkylation sites (tertiary alicyclic amines) is 1. The molecule has 2 atom stereocenters. The van der Waals surface area contributed by atoms with E-state index in [0.29, 0.717) is 5.41 Å². The maximum absolute atomic E-state index is 5.62. The first kappa shape index (κ1) is 12.9. The summed E-state index contributed by atoms with van der Waals surface area (Å²) >= 11 is 0. The highest BCUT2D eigenvalue weighted by molar-refractivity contribution is 4.97. The lowest BCUT2D eigenvalue weighted by Crippen LogP contribution is -2.56. The van der Waals surface area contributed by atoms with Gasteiger partial charge in [-0.05, 0) is 58.2 Å². The first-order valence-electron chi connectivity index (χ1n) is 7.78. The normalized spacial score (nSPS) is 37.2. The molecule has 2 unspecified atom stereocenters. The van der Waals surface area contributed by atoms with E-state index in [4.69, 9.17) is 4.74 Å². The van der Waals surface area contributed by atoms with E-state index in [1.807, 2.05) is 0 Å². The van der Waals surface area contributed by atoms with E-state index in [1.54, 1.807) is 0 Å². The highest BCUT2D eigenvalue weighted by Gasteiger charge is 2.47. The number of piperidine rings is 2. The predicted molar refractivity (Wildman–Crippen MR) is 73.7 cm³/mol. The summed E-state index contributed by atoms with van der Waals surface area (Å²) in [5, 5.41) is 3.72. The summed E-state index contributed by atoms with van der Waals surface area (Å²) in [5.41, 5.74) is 0.504. The van der Waals surface area contributed by atoms with Crippen LogP contribution >= 0.6 is 0 Å². The van der Waals surface area contributed by atoms with Crippen LogP contribution in [0.2, 0.25) is 0 Å². The fraction of sp³-hybridized carbons (Fsp3) is 1.00. The van der Waals surface area contributed by atoms with Crippen LogP contribution in [0.4, 0.5) is 0 Å². The lowest BCUT2D eigenvalue weighted by Gasteiger charge is -2.52. The molecule has 3 aliphatic heterocycles. The molecule has 0 aromatic carbocycles. The minimum absolute atomic E-state index is 0.504. The smallest absolute Gasteiger partial charge is 0.0548 e. The fourth-order valence-electron chi connectivity index (χ4n) is 4.14. The van der Waals surface area contributed by atoms with Crippen molar-refractivity contribution in [3.8, 4) is 0 Å². The molecule has 3 fully saturated rings. The van der Waals surface area contributed by atoms with Crippen molar-refractivity contribution >= 4 is 0 Å². The maximum Gasteiger partial charge on any atom is 0.0548 e. The minimum Gasteiger partial charge on any atom is -0.380 e. The Hall–Kier alpha value is -0.120. The average Bonchev–Trinajstić information content (AvgIpc) is 2.35. The SMILES string of the molecule is CN1CCCC(C2(CC3CCCCN3)COC2)C1. The third-order valence-corrected chi connectivity index (χ3v) is 5.33. The second-order valence-electron chi connectivity index (χ2n) is 6.81. The molecule has 1 N–H and O–H groups in total. The molecular weight excluding hydrogens is 224 g/mol. The Morgan fingerprint density at radius 2 is 2.11 bits per heavy atom. The van der Waals surface area contributed by atoms with Gasteiger partial charge in [-0.1, -0.05) is 6.42 Å². The van der Waals surface area contributed by atoms with Crippen molar-refractivity contribution in [1.82, 2.24) is 10.2 Å². The van der Waals surface area contributed by atoms with Gasteiger partial charge in [0.25, 0.3) is 0 Å². The van der Waals surface area contributed by atoms with E-state index in [9.17, 15) is 0 Å². The summed E-state index contributed by atoms with van der Waals surface area (Å²) < 4.78 is 5.62. The lowest BCUT2D eigenvalue weighted by molar-refractivity contribution is -0.164. The van der Waals surface area contributed by atoms with Crippen LogP contribution in [0, 0.1) is 11.3 Å². The maximum atomic E-state index is 5.62. The zero-order valence-electron chi connectivity index (χ0n) is 11.8. The topological polar surface area (TPSA) is 24.5 Å². The molecule has 3 heterocycles. The summed E-state index contributed by atoms with van der Waals surface area (Å²) in [4.78, 5) is 2.52. The van der Waals surface area contributed by atoms with Crippen LogP contribution in [0.1, 0.15) is 38.5 Å². The van der Waals surface area contributed by atoms with Crippen LogP contribution in [-0.2, 0) is 4.74 Å². The molecule has 0 radical (unpaired) electrons. The molecule has 0 saturated carbocycles. The van der Waals surface area contributed by atoms with Crippen LogP contribution in [0.5, 0.6) is 0 Å². The van der Waals surface area contributed by atoms with E-state index in [-0.39, 0.29) is 0 Å². The second kappa shape index (κ2) is 5.48. The minimum atomic E-state index is 0.504. The Labute approximate surface area is 111 Å². The van der Waals surface area contributed by atoms with E-state index in [0.717, 1.165) is 25.2 Å². The van der Waals surface area contributed by atoms with Gasteiger partial charge in [0.2, 0.25) is 0 Å². The van der Waals surface area contributed by atoms with E-state index >= 15 is 0 Å². The number of nitrogens with one attached hydrogen (secondary N) is 1. The van der Waals surface area contributed by atoms with Crippen LogP contribution in [0.15, 0.2) is 0 Å². The summed E-state index contributed by atoms with van der Waals surface area (Å²) in [6.45, 7) is 5.84. The first-order chi connectivity index (χ1) is 8.78. The molecule has 3 saturated heterocycles. The number of hydrogen-bond donors (Lipinski definition) is 1. The zero-order chi connectivity index (χ0) is 12.4. The zero-order valence-corrected chi connectivity index (χ0v) is 11.8. The predicted octanol–water partition coefficient (Wildman–Crippen LogP) is 1.88. The van der Waals surface area contributed by atoms with Crippen molar-refractivity contribution in [2.24, 2.45) is 11.3 Å². The Balaban J connectivity index is 1.61. The molecular formula is C15H28N2O. The van der Waals surface area contributed by atoms with Gasteiger partial charge in [0.05, 0.1) is 13.2 Å². The first-order valence-corrected chi connectivity index (χ1v) is 7.78. The molecule has 0 amide bonds. The molecule has 0 aliphatic carbocycles. The van der Waals surface area contributed by atoms with E-state index < -0.39 is 0 Å². The molecule has 104 valence electrons. The van der Waals surface area contributed by atoms with Gasteiger partial charge in [0.15, 0.2) is 0 Å². The van der Waals surface area contributed by atoms with Gasteiger partial charge < -0.3 is 15.0 Å². The van der Waals surface area contributed by atoms with Crippen LogP contribution < -0.4 is 5.32 Å². The summed E-state index contributed by atoms with van der Waals surface area (Å²) in [7, 11) is 2.28. The Bertz CT molecular complexity index is 272. The Morgan fingerprint density at radius 3 is 2.72 bits per heavy atom. The second-order valence-corrected chi connectivity index (χ2v) is 6.81. The monoisotopic (exact) mass is 252 g/mol. The molecule has 0 spiro atoms. The summed E-state index contributed by atoms with van der Waals surface area (Å²) in [5.74, 6) is 0.869.